The van der Waals surface area contributed by atoms with E-state index in [1.165, 1.54) is 0 Å². The molecule has 0 heterocycles. The lowest BCUT2D eigenvalue weighted by molar-refractivity contribution is 0.141. The highest BCUT2D eigenvalue weighted by molar-refractivity contribution is 9.11. The van der Waals surface area contributed by atoms with E-state index in [4.69, 9.17) is 9.84 Å². The fraction of sp³-hybridized carbons (Fsp3) is 0.222. The normalized spacial score (nSPS) is 12.6. The summed E-state index contributed by atoms with van der Waals surface area (Å²) >= 11 is 10.1. The second-order valence-electron chi connectivity index (χ2n) is 2.66. The standard InChI is InChI=1S/C9H8Br3O2/c1-5(13)4-14-9-7(11)2-6(10)3-8(9)12/h2-3,5,13H,1,4H2. The molecule has 0 aliphatic heterocycles. The second kappa shape index (κ2) is 5.49. The third-order valence-corrected chi connectivity index (χ3v) is 3.02. The number of hydrogen-bond acceptors (Lipinski definition) is 2. The number of ether oxygens (including phenoxy) is 1. The summed E-state index contributed by atoms with van der Waals surface area (Å²) in [7, 11) is 0. The van der Waals surface area contributed by atoms with Crippen LogP contribution < -0.4 is 4.74 Å². The Morgan fingerprint density at radius 2 is 1.79 bits per heavy atom. The summed E-state index contributed by atoms with van der Waals surface area (Å²) in [5.74, 6) is 0.663. The molecule has 0 saturated carbocycles. The van der Waals surface area contributed by atoms with Crippen molar-refractivity contribution in [2.75, 3.05) is 6.61 Å². The molecule has 0 spiro atoms. The minimum absolute atomic E-state index is 0.166. The van der Waals surface area contributed by atoms with Crippen molar-refractivity contribution in [2.45, 2.75) is 6.10 Å². The maximum Gasteiger partial charge on any atom is 0.147 e. The van der Waals surface area contributed by atoms with Crippen LogP contribution in [-0.2, 0) is 0 Å². The largest absolute Gasteiger partial charge is 0.489 e. The molecule has 0 aliphatic rings. The van der Waals surface area contributed by atoms with Crippen molar-refractivity contribution in [2.24, 2.45) is 0 Å². The highest BCUT2D eigenvalue weighted by Crippen LogP contribution is 2.36. The van der Waals surface area contributed by atoms with E-state index in [9.17, 15) is 0 Å². The number of halogens is 3. The molecular formula is C9H8Br3O2. The first-order chi connectivity index (χ1) is 6.50. The van der Waals surface area contributed by atoms with E-state index < -0.39 is 6.10 Å². The zero-order chi connectivity index (χ0) is 10.7. The van der Waals surface area contributed by atoms with Crippen molar-refractivity contribution < 1.29 is 9.84 Å². The quantitative estimate of drug-likeness (QED) is 0.859. The van der Waals surface area contributed by atoms with Gasteiger partial charge in [0.15, 0.2) is 0 Å². The summed E-state index contributed by atoms with van der Waals surface area (Å²) in [6, 6.07) is 3.74. The van der Waals surface area contributed by atoms with Gasteiger partial charge in [-0.1, -0.05) is 15.9 Å². The van der Waals surface area contributed by atoms with Gasteiger partial charge in [-0.3, -0.25) is 0 Å². The monoisotopic (exact) mass is 385 g/mol. The Kier molecular flexibility index (Phi) is 4.90. The van der Waals surface area contributed by atoms with Gasteiger partial charge < -0.3 is 9.84 Å². The van der Waals surface area contributed by atoms with E-state index in [-0.39, 0.29) is 6.61 Å². The topological polar surface area (TPSA) is 29.5 Å². The lowest BCUT2D eigenvalue weighted by Crippen LogP contribution is -2.13. The van der Waals surface area contributed by atoms with E-state index in [2.05, 4.69) is 54.7 Å². The molecule has 5 heteroatoms. The predicted molar refractivity (Wildman–Crippen MR) is 66.4 cm³/mol. The van der Waals surface area contributed by atoms with Gasteiger partial charge in [0.05, 0.1) is 15.0 Å². The van der Waals surface area contributed by atoms with Gasteiger partial charge in [0, 0.05) is 4.47 Å². The zero-order valence-electron chi connectivity index (χ0n) is 7.14. The first kappa shape index (κ1) is 12.5. The van der Waals surface area contributed by atoms with Gasteiger partial charge >= 0.3 is 0 Å². The van der Waals surface area contributed by atoms with Gasteiger partial charge in [-0.2, -0.15) is 0 Å². The molecule has 1 atom stereocenters. The molecule has 1 rings (SSSR count). The van der Waals surface area contributed by atoms with Crippen LogP contribution in [0.25, 0.3) is 0 Å². The van der Waals surface area contributed by atoms with Crippen molar-refractivity contribution in [3.8, 4) is 5.75 Å². The summed E-state index contributed by atoms with van der Waals surface area (Å²) in [6.07, 6.45) is -0.725. The van der Waals surface area contributed by atoms with E-state index in [0.717, 1.165) is 13.4 Å². The maximum atomic E-state index is 8.97. The minimum atomic E-state index is -0.725. The molecule has 0 aliphatic carbocycles. The van der Waals surface area contributed by atoms with Crippen molar-refractivity contribution in [3.63, 3.8) is 0 Å². The molecule has 1 unspecified atom stereocenters. The summed E-state index contributed by atoms with van der Waals surface area (Å²) in [5.41, 5.74) is 0. The number of hydrogen-bond donors (Lipinski definition) is 1. The molecule has 0 saturated heterocycles. The Bertz CT molecular complexity index is 303. The van der Waals surface area contributed by atoms with Crippen LogP contribution in [0.5, 0.6) is 5.75 Å². The lowest BCUT2D eigenvalue weighted by atomic mass is 10.3. The van der Waals surface area contributed by atoms with Crippen LogP contribution in [0.3, 0.4) is 0 Å². The number of aliphatic hydroxyl groups is 1. The average molecular weight is 388 g/mol. The van der Waals surface area contributed by atoms with Crippen LogP contribution in [0.4, 0.5) is 0 Å². The molecular weight excluding hydrogens is 380 g/mol. The molecule has 14 heavy (non-hydrogen) atoms. The Morgan fingerprint density at radius 1 is 1.29 bits per heavy atom. The van der Waals surface area contributed by atoms with Gasteiger partial charge in [0.2, 0.25) is 0 Å². The maximum absolute atomic E-state index is 8.97. The number of benzene rings is 1. The van der Waals surface area contributed by atoms with Gasteiger partial charge in [-0.15, -0.1) is 0 Å². The van der Waals surface area contributed by atoms with Crippen LogP contribution in [-0.4, -0.2) is 17.8 Å². The Hall–Kier alpha value is 0.420. The molecule has 77 valence electrons. The van der Waals surface area contributed by atoms with Gasteiger partial charge in [-0.05, 0) is 50.9 Å². The van der Waals surface area contributed by atoms with Gasteiger partial charge in [0.25, 0.3) is 0 Å². The number of aliphatic hydroxyl groups excluding tert-OH is 1. The fourth-order valence-electron chi connectivity index (χ4n) is 0.846. The van der Waals surface area contributed by atoms with Crippen molar-refractivity contribution >= 4 is 47.8 Å². The molecule has 1 aromatic rings. The third kappa shape index (κ3) is 3.53. The Morgan fingerprint density at radius 3 is 2.21 bits per heavy atom. The van der Waals surface area contributed by atoms with Crippen molar-refractivity contribution in [1.29, 1.82) is 0 Å². The molecule has 2 nitrogen and oxygen atoms in total. The predicted octanol–water partition coefficient (Wildman–Crippen LogP) is 3.55. The molecule has 1 aromatic carbocycles. The molecule has 0 amide bonds. The first-order valence-electron chi connectivity index (χ1n) is 3.79. The van der Waals surface area contributed by atoms with Crippen molar-refractivity contribution in [3.05, 3.63) is 32.5 Å². The first-order valence-corrected chi connectivity index (χ1v) is 6.17. The third-order valence-electron chi connectivity index (χ3n) is 1.38. The van der Waals surface area contributed by atoms with Gasteiger partial charge in [-0.25, -0.2) is 0 Å². The van der Waals surface area contributed by atoms with E-state index in [1.54, 1.807) is 0 Å². The van der Waals surface area contributed by atoms with E-state index >= 15 is 0 Å². The highest BCUT2D eigenvalue weighted by Gasteiger charge is 2.08. The zero-order valence-corrected chi connectivity index (χ0v) is 11.9. The van der Waals surface area contributed by atoms with E-state index in [0.29, 0.717) is 5.75 Å². The van der Waals surface area contributed by atoms with Crippen LogP contribution in [0.1, 0.15) is 0 Å². The van der Waals surface area contributed by atoms with E-state index in [1.807, 2.05) is 12.1 Å². The summed E-state index contributed by atoms with van der Waals surface area (Å²) in [5, 5.41) is 8.97. The molecule has 0 bridgehead atoms. The summed E-state index contributed by atoms with van der Waals surface area (Å²) in [6.45, 7) is 3.59. The van der Waals surface area contributed by atoms with Crippen LogP contribution >= 0.6 is 47.8 Å². The SMILES string of the molecule is [CH2]C(O)COc1c(Br)cc(Br)cc1Br. The molecule has 1 N–H and O–H groups in total. The molecule has 0 aromatic heterocycles. The fourth-order valence-corrected chi connectivity index (χ4v) is 3.33. The molecule has 0 fully saturated rings. The van der Waals surface area contributed by atoms with Crippen molar-refractivity contribution in [1.82, 2.24) is 0 Å². The minimum Gasteiger partial charge on any atom is -0.489 e. The Labute approximate surface area is 108 Å². The van der Waals surface area contributed by atoms with Crippen LogP contribution in [0.15, 0.2) is 25.6 Å². The van der Waals surface area contributed by atoms with Crippen LogP contribution in [0, 0.1) is 6.92 Å². The second-order valence-corrected chi connectivity index (χ2v) is 5.29. The summed E-state index contributed by atoms with van der Waals surface area (Å²) in [4.78, 5) is 0. The average Bonchev–Trinajstić information content (AvgIpc) is 2.01. The Balaban J connectivity index is 2.86. The van der Waals surface area contributed by atoms with Gasteiger partial charge in [0.1, 0.15) is 12.4 Å². The molecule has 1 radical (unpaired) electrons. The van der Waals surface area contributed by atoms with Crippen LogP contribution in [0.2, 0.25) is 0 Å². The smallest absolute Gasteiger partial charge is 0.147 e. The summed E-state index contributed by atoms with van der Waals surface area (Å²) < 4.78 is 7.94. The number of rotatable bonds is 3. The lowest BCUT2D eigenvalue weighted by Gasteiger charge is -2.11. The highest BCUT2D eigenvalue weighted by atomic mass is 79.9.